The van der Waals surface area contributed by atoms with Gasteiger partial charge in [0.15, 0.2) is 0 Å². The van der Waals surface area contributed by atoms with Gasteiger partial charge in [0, 0.05) is 17.3 Å². The van der Waals surface area contributed by atoms with Crippen LogP contribution in [0.4, 0.5) is 11.5 Å². The SMILES string of the molecule is CCOC(=O)c1c[nH]c2ncnc(Nc3ccc4occc4c3)c12.Cl. The van der Waals surface area contributed by atoms with Crippen molar-refractivity contribution < 1.29 is 13.9 Å². The highest BCUT2D eigenvalue weighted by Crippen LogP contribution is 2.28. The van der Waals surface area contributed by atoms with E-state index in [0.29, 0.717) is 29.0 Å². The molecule has 0 radical (unpaired) electrons. The number of anilines is 2. The van der Waals surface area contributed by atoms with E-state index in [-0.39, 0.29) is 12.4 Å². The molecule has 0 amide bonds. The fraction of sp³-hybridized carbons (Fsp3) is 0.118. The molecule has 0 saturated carbocycles. The number of aromatic nitrogens is 3. The van der Waals surface area contributed by atoms with E-state index in [4.69, 9.17) is 9.15 Å². The zero-order valence-corrected chi connectivity index (χ0v) is 14.1. The third-order valence-corrected chi connectivity index (χ3v) is 3.68. The van der Waals surface area contributed by atoms with Gasteiger partial charge in [-0.15, -0.1) is 12.4 Å². The normalized spacial score (nSPS) is 10.6. The summed E-state index contributed by atoms with van der Waals surface area (Å²) >= 11 is 0. The molecule has 3 heterocycles. The van der Waals surface area contributed by atoms with E-state index in [0.717, 1.165) is 16.7 Å². The minimum Gasteiger partial charge on any atom is -0.464 e. The summed E-state index contributed by atoms with van der Waals surface area (Å²) in [5.74, 6) is 0.124. The monoisotopic (exact) mass is 358 g/mol. The Morgan fingerprint density at radius 2 is 2.20 bits per heavy atom. The van der Waals surface area contributed by atoms with Gasteiger partial charge in [0.05, 0.1) is 23.8 Å². The lowest BCUT2D eigenvalue weighted by atomic mass is 10.2. The van der Waals surface area contributed by atoms with Crippen molar-refractivity contribution in [2.24, 2.45) is 0 Å². The van der Waals surface area contributed by atoms with Crippen LogP contribution in [0.25, 0.3) is 22.0 Å². The van der Waals surface area contributed by atoms with Crippen molar-refractivity contribution in [2.75, 3.05) is 11.9 Å². The van der Waals surface area contributed by atoms with Crippen LogP contribution < -0.4 is 5.32 Å². The molecule has 4 rings (SSSR count). The molecule has 2 N–H and O–H groups in total. The van der Waals surface area contributed by atoms with Crippen LogP contribution in [0.3, 0.4) is 0 Å². The molecule has 25 heavy (non-hydrogen) atoms. The maximum Gasteiger partial charge on any atom is 0.340 e. The number of H-pyrrole nitrogens is 1. The highest BCUT2D eigenvalue weighted by Gasteiger charge is 2.18. The van der Waals surface area contributed by atoms with Crippen molar-refractivity contribution in [3.8, 4) is 0 Å². The van der Waals surface area contributed by atoms with Gasteiger partial charge in [0.2, 0.25) is 0 Å². The molecule has 0 aliphatic rings. The fourth-order valence-corrected chi connectivity index (χ4v) is 2.61. The second-order valence-corrected chi connectivity index (χ2v) is 5.17. The Labute approximate surface area is 148 Å². The quantitative estimate of drug-likeness (QED) is 0.535. The second kappa shape index (κ2) is 6.82. The number of carbonyl (C=O) groups excluding carboxylic acids is 1. The first-order valence-corrected chi connectivity index (χ1v) is 7.49. The van der Waals surface area contributed by atoms with Crippen LogP contribution in [-0.2, 0) is 4.74 Å². The molecule has 0 fully saturated rings. The second-order valence-electron chi connectivity index (χ2n) is 5.17. The number of nitrogens with one attached hydrogen (secondary N) is 2. The zero-order chi connectivity index (χ0) is 16.5. The largest absolute Gasteiger partial charge is 0.464 e. The summed E-state index contributed by atoms with van der Waals surface area (Å²) in [5.41, 5.74) is 2.61. The van der Waals surface area contributed by atoms with Gasteiger partial charge in [-0.3, -0.25) is 0 Å². The van der Waals surface area contributed by atoms with Gasteiger partial charge in [0.1, 0.15) is 23.4 Å². The van der Waals surface area contributed by atoms with Gasteiger partial charge in [-0.1, -0.05) is 0 Å². The Morgan fingerprint density at radius 3 is 3.04 bits per heavy atom. The van der Waals surface area contributed by atoms with E-state index in [9.17, 15) is 4.79 Å². The predicted molar refractivity (Wildman–Crippen MR) is 96.6 cm³/mol. The lowest BCUT2D eigenvalue weighted by Gasteiger charge is -2.08. The van der Waals surface area contributed by atoms with E-state index < -0.39 is 5.97 Å². The number of benzene rings is 1. The number of carbonyl (C=O) groups is 1. The van der Waals surface area contributed by atoms with Crippen LogP contribution in [0, 0.1) is 0 Å². The maximum atomic E-state index is 12.1. The number of ether oxygens (including phenoxy) is 1. The number of aromatic amines is 1. The minimum atomic E-state index is -0.410. The molecule has 8 heteroatoms. The molecule has 3 aromatic heterocycles. The molecule has 0 aliphatic heterocycles. The van der Waals surface area contributed by atoms with E-state index >= 15 is 0 Å². The van der Waals surface area contributed by atoms with Crippen molar-refractivity contribution in [2.45, 2.75) is 6.92 Å². The average molecular weight is 359 g/mol. The van der Waals surface area contributed by atoms with E-state index in [1.54, 1.807) is 19.4 Å². The molecule has 0 bridgehead atoms. The Kier molecular flexibility index (Phi) is 4.58. The summed E-state index contributed by atoms with van der Waals surface area (Å²) in [6, 6.07) is 7.59. The average Bonchev–Trinajstić information content (AvgIpc) is 3.21. The Hall–Kier alpha value is -3.06. The number of nitrogens with zero attached hydrogens (tertiary/aromatic N) is 2. The molecule has 0 saturated heterocycles. The van der Waals surface area contributed by atoms with Gasteiger partial charge in [-0.2, -0.15) is 0 Å². The summed E-state index contributed by atoms with van der Waals surface area (Å²) in [6.07, 6.45) is 4.66. The van der Waals surface area contributed by atoms with Crippen molar-refractivity contribution in [3.05, 3.63) is 48.6 Å². The summed E-state index contributed by atoms with van der Waals surface area (Å²) < 4.78 is 10.4. The smallest absolute Gasteiger partial charge is 0.340 e. The number of hydrogen-bond donors (Lipinski definition) is 2. The molecule has 0 unspecified atom stereocenters. The van der Waals surface area contributed by atoms with Crippen molar-refractivity contribution in [3.63, 3.8) is 0 Å². The lowest BCUT2D eigenvalue weighted by molar-refractivity contribution is 0.0528. The van der Waals surface area contributed by atoms with Crippen LogP contribution >= 0.6 is 12.4 Å². The Bertz CT molecular complexity index is 1040. The Balaban J connectivity index is 0.00000182. The van der Waals surface area contributed by atoms with Gasteiger partial charge >= 0.3 is 5.97 Å². The zero-order valence-electron chi connectivity index (χ0n) is 13.3. The van der Waals surface area contributed by atoms with Crippen LogP contribution in [-0.4, -0.2) is 27.5 Å². The van der Waals surface area contributed by atoms with Gasteiger partial charge in [-0.05, 0) is 31.2 Å². The molecule has 0 aliphatic carbocycles. The molecule has 0 atom stereocenters. The first-order valence-electron chi connectivity index (χ1n) is 7.49. The van der Waals surface area contributed by atoms with Gasteiger partial charge in [0.25, 0.3) is 0 Å². The van der Waals surface area contributed by atoms with Crippen molar-refractivity contribution in [1.29, 1.82) is 0 Å². The van der Waals surface area contributed by atoms with Crippen molar-refractivity contribution in [1.82, 2.24) is 15.0 Å². The van der Waals surface area contributed by atoms with Crippen molar-refractivity contribution >= 4 is 51.9 Å². The third kappa shape index (κ3) is 3.01. The van der Waals surface area contributed by atoms with Gasteiger partial charge < -0.3 is 19.5 Å². The number of rotatable bonds is 4. The third-order valence-electron chi connectivity index (χ3n) is 3.68. The number of furan rings is 1. The topological polar surface area (TPSA) is 93.0 Å². The van der Waals surface area contributed by atoms with E-state index in [2.05, 4.69) is 20.3 Å². The molecule has 128 valence electrons. The predicted octanol–water partition coefficient (Wildman–Crippen LogP) is 4.05. The minimum absolute atomic E-state index is 0. The molecule has 4 aromatic rings. The first-order chi connectivity index (χ1) is 11.8. The molecule has 1 aromatic carbocycles. The van der Waals surface area contributed by atoms with Crippen LogP contribution in [0.2, 0.25) is 0 Å². The number of halogens is 1. The van der Waals surface area contributed by atoms with Crippen LogP contribution in [0.15, 0.2) is 47.5 Å². The Morgan fingerprint density at radius 1 is 1.32 bits per heavy atom. The summed E-state index contributed by atoms with van der Waals surface area (Å²) in [6.45, 7) is 2.07. The molecular formula is C17H15ClN4O3. The summed E-state index contributed by atoms with van der Waals surface area (Å²) in [5, 5.41) is 4.81. The van der Waals surface area contributed by atoms with E-state index in [1.807, 2.05) is 24.3 Å². The van der Waals surface area contributed by atoms with Gasteiger partial charge in [-0.25, -0.2) is 14.8 Å². The number of hydrogen-bond acceptors (Lipinski definition) is 6. The lowest BCUT2D eigenvalue weighted by Crippen LogP contribution is -2.05. The fourth-order valence-electron chi connectivity index (χ4n) is 2.61. The summed E-state index contributed by atoms with van der Waals surface area (Å²) in [4.78, 5) is 23.5. The number of esters is 1. The van der Waals surface area contributed by atoms with E-state index in [1.165, 1.54) is 6.33 Å². The molecule has 7 nitrogen and oxygen atoms in total. The maximum absolute atomic E-state index is 12.1. The first kappa shape index (κ1) is 16.8. The molecule has 0 spiro atoms. The number of fused-ring (bicyclic) bond motifs is 2. The highest BCUT2D eigenvalue weighted by atomic mass is 35.5. The van der Waals surface area contributed by atoms with Crippen LogP contribution in [0.5, 0.6) is 0 Å². The summed E-state index contributed by atoms with van der Waals surface area (Å²) in [7, 11) is 0. The standard InChI is InChI=1S/C17H14N4O3.ClH/c1-2-23-17(22)12-8-18-15-14(12)16(20-9-19-15)21-11-3-4-13-10(7-11)5-6-24-13;/h3-9H,2H2,1H3,(H2,18,19,20,21);1H. The molecular weight excluding hydrogens is 344 g/mol. The highest BCUT2D eigenvalue weighted by molar-refractivity contribution is 6.07. The van der Waals surface area contributed by atoms with Crippen LogP contribution in [0.1, 0.15) is 17.3 Å².